The maximum absolute atomic E-state index is 12.7. The summed E-state index contributed by atoms with van der Waals surface area (Å²) in [6, 6.07) is 14.3. The van der Waals surface area contributed by atoms with Crippen LogP contribution in [0.1, 0.15) is 32.6 Å². The number of amides is 2. The molecule has 0 radical (unpaired) electrons. The van der Waals surface area contributed by atoms with Gasteiger partial charge < -0.3 is 10.2 Å². The van der Waals surface area contributed by atoms with Crippen molar-refractivity contribution < 1.29 is 4.79 Å². The Labute approximate surface area is 173 Å². The number of urea groups is 1. The molecule has 2 heterocycles. The molecule has 0 atom stereocenters. The van der Waals surface area contributed by atoms with E-state index < -0.39 is 0 Å². The highest BCUT2D eigenvalue weighted by atomic mass is 16.2. The molecule has 1 aromatic heterocycles. The quantitative estimate of drug-likeness (QED) is 0.827. The lowest BCUT2D eigenvalue weighted by molar-refractivity contribution is 0.187. The summed E-state index contributed by atoms with van der Waals surface area (Å²) in [7, 11) is 0. The minimum absolute atomic E-state index is 0.140. The molecule has 0 bridgehead atoms. The molecule has 1 aliphatic heterocycles. The first-order valence-corrected chi connectivity index (χ1v) is 10.8. The SMILES string of the molecule is CCN(C(=O)Nc1ccc(N2CCN(C3CCCC3)CC2)nc1)c1ccccc1. The predicted octanol–water partition coefficient (Wildman–Crippen LogP) is 4.20. The van der Waals surface area contributed by atoms with Gasteiger partial charge in [0, 0.05) is 44.5 Å². The van der Waals surface area contributed by atoms with Crippen molar-refractivity contribution in [2.75, 3.05) is 47.8 Å². The number of nitrogens with zero attached hydrogens (tertiary/aromatic N) is 4. The topological polar surface area (TPSA) is 51.7 Å². The van der Waals surface area contributed by atoms with Crippen LogP contribution in [0.25, 0.3) is 0 Å². The molecule has 2 aromatic rings. The van der Waals surface area contributed by atoms with E-state index in [4.69, 9.17) is 0 Å². The first-order chi connectivity index (χ1) is 14.2. The Bertz CT molecular complexity index is 781. The smallest absolute Gasteiger partial charge is 0.326 e. The molecular weight excluding hydrogens is 362 g/mol. The highest BCUT2D eigenvalue weighted by Crippen LogP contribution is 2.25. The average molecular weight is 394 g/mol. The Morgan fingerprint density at radius 1 is 1.07 bits per heavy atom. The number of pyridine rings is 1. The fourth-order valence-corrected chi connectivity index (χ4v) is 4.47. The summed E-state index contributed by atoms with van der Waals surface area (Å²) in [6.45, 7) is 6.85. The first kappa shape index (κ1) is 19.7. The second-order valence-corrected chi connectivity index (χ2v) is 7.88. The van der Waals surface area contributed by atoms with Crippen molar-refractivity contribution in [2.24, 2.45) is 0 Å². The zero-order chi connectivity index (χ0) is 20.1. The Balaban J connectivity index is 1.33. The van der Waals surface area contributed by atoms with E-state index in [1.807, 2.05) is 49.4 Å². The Morgan fingerprint density at radius 3 is 2.41 bits per heavy atom. The third-order valence-corrected chi connectivity index (χ3v) is 6.11. The summed E-state index contributed by atoms with van der Waals surface area (Å²) in [4.78, 5) is 24.0. The molecule has 2 aliphatic rings. The van der Waals surface area contributed by atoms with Crippen LogP contribution in [-0.2, 0) is 0 Å². The molecule has 2 amide bonds. The van der Waals surface area contributed by atoms with Gasteiger partial charge in [-0.3, -0.25) is 9.80 Å². The fourth-order valence-electron chi connectivity index (χ4n) is 4.47. The molecule has 1 saturated heterocycles. The third kappa shape index (κ3) is 4.70. The second-order valence-electron chi connectivity index (χ2n) is 7.88. The molecule has 2 fully saturated rings. The fraction of sp³-hybridized carbons (Fsp3) is 0.478. The van der Waals surface area contributed by atoms with E-state index in [1.165, 1.54) is 25.7 Å². The highest BCUT2D eigenvalue weighted by molar-refractivity contribution is 6.01. The Hall–Kier alpha value is -2.60. The number of para-hydroxylation sites is 1. The van der Waals surface area contributed by atoms with Crippen LogP contribution in [0.2, 0.25) is 0 Å². The van der Waals surface area contributed by atoms with E-state index in [0.29, 0.717) is 6.54 Å². The number of hydrogen-bond acceptors (Lipinski definition) is 4. The summed E-state index contributed by atoms with van der Waals surface area (Å²) >= 11 is 0. The summed E-state index contributed by atoms with van der Waals surface area (Å²) in [5, 5.41) is 2.96. The molecule has 154 valence electrons. The molecule has 1 N–H and O–H groups in total. The van der Waals surface area contributed by atoms with Gasteiger partial charge >= 0.3 is 6.03 Å². The van der Waals surface area contributed by atoms with Gasteiger partial charge in [0.2, 0.25) is 0 Å². The zero-order valence-electron chi connectivity index (χ0n) is 17.3. The van der Waals surface area contributed by atoms with Crippen molar-refractivity contribution in [3.8, 4) is 0 Å². The van der Waals surface area contributed by atoms with Gasteiger partial charge in [0.05, 0.1) is 11.9 Å². The molecule has 4 rings (SSSR count). The summed E-state index contributed by atoms with van der Waals surface area (Å²) in [5.74, 6) is 0.990. The van der Waals surface area contributed by atoms with Crippen molar-refractivity contribution in [3.63, 3.8) is 0 Å². The van der Waals surface area contributed by atoms with Crippen LogP contribution in [0, 0.1) is 0 Å². The minimum atomic E-state index is -0.140. The number of rotatable bonds is 5. The van der Waals surface area contributed by atoms with Crippen LogP contribution in [0.15, 0.2) is 48.7 Å². The number of aromatic nitrogens is 1. The molecule has 1 aliphatic carbocycles. The number of nitrogens with one attached hydrogen (secondary N) is 1. The van der Waals surface area contributed by atoms with E-state index in [-0.39, 0.29) is 6.03 Å². The van der Waals surface area contributed by atoms with E-state index in [9.17, 15) is 4.79 Å². The van der Waals surface area contributed by atoms with Crippen LogP contribution in [0.4, 0.5) is 22.0 Å². The van der Waals surface area contributed by atoms with Crippen molar-refractivity contribution in [3.05, 3.63) is 48.7 Å². The van der Waals surface area contributed by atoms with Gasteiger partial charge in [-0.25, -0.2) is 9.78 Å². The molecule has 0 unspecified atom stereocenters. The molecule has 6 heteroatoms. The van der Waals surface area contributed by atoms with E-state index in [0.717, 1.165) is 49.4 Å². The van der Waals surface area contributed by atoms with Gasteiger partial charge in [-0.1, -0.05) is 31.0 Å². The second kappa shape index (κ2) is 9.27. The van der Waals surface area contributed by atoms with E-state index in [2.05, 4.69) is 20.1 Å². The third-order valence-electron chi connectivity index (χ3n) is 6.11. The Morgan fingerprint density at radius 2 is 1.79 bits per heavy atom. The summed E-state index contributed by atoms with van der Waals surface area (Å²) in [6.07, 6.45) is 7.27. The minimum Gasteiger partial charge on any atom is -0.354 e. The van der Waals surface area contributed by atoms with Crippen LogP contribution >= 0.6 is 0 Å². The van der Waals surface area contributed by atoms with Gasteiger partial charge in [0.15, 0.2) is 0 Å². The number of hydrogen-bond donors (Lipinski definition) is 1. The first-order valence-electron chi connectivity index (χ1n) is 10.8. The summed E-state index contributed by atoms with van der Waals surface area (Å²) in [5.41, 5.74) is 1.61. The van der Waals surface area contributed by atoms with Crippen LogP contribution in [0.5, 0.6) is 0 Å². The van der Waals surface area contributed by atoms with Gasteiger partial charge in [-0.15, -0.1) is 0 Å². The molecule has 0 spiro atoms. The van der Waals surface area contributed by atoms with E-state index >= 15 is 0 Å². The highest BCUT2D eigenvalue weighted by Gasteiger charge is 2.26. The molecule has 1 saturated carbocycles. The van der Waals surface area contributed by atoms with Crippen molar-refractivity contribution in [1.29, 1.82) is 0 Å². The number of anilines is 3. The lowest BCUT2D eigenvalue weighted by atomic mass is 10.2. The van der Waals surface area contributed by atoms with Crippen LogP contribution in [0.3, 0.4) is 0 Å². The van der Waals surface area contributed by atoms with Crippen molar-refractivity contribution >= 4 is 23.2 Å². The Kier molecular flexibility index (Phi) is 6.30. The predicted molar refractivity (Wildman–Crippen MR) is 119 cm³/mol. The van der Waals surface area contributed by atoms with Gasteiger partial charge in [0.1, 0.15) is 5.82 Å². The monoisotopic (exact) mass is 393 g/mol. The molecule has 6 nitrogen and oxygen atoms in total. The lowest BCUT2D eigenvalue weighted by Crippen LogP contribution is -2.49. The van der Waals surface area contributed by atoms with E-state index in [1.54, 1.807) is 11.1 Å². The number of carbonyl (C=O) groups is 1. The lowest BCUT2D eigenvalue weighted by Gasteiger charge is -2.38. The normalized spacial score (nSPS) is 18.0. The molecule has 1 aromatic carbocycles. The van der Waals surface area contributed by atoms with Gasteiger partial charge in [-0.05, 0) is 44.0 Å². The summed E-state index contributed by atoms with van der Waals surface area (Å²) < 4.78 is 0. The van der Waals surface area contributed by atoms with Crippen molar-refractivity contribution in [2.45, 2.75) is 38.6 Å². The largest absolute Gasteiger partial charge is 0.354 e. The number of carbonyl (C=O) groups excluding carboxylic acids is 1. The van der Waals surface area contributed by atoms with Crippen molar-refractivity contribution in [1.82, 2.24) is 9.88 Å². The van der Waals surface area contributed by atoms with Gasteiger partial charge in [-0.2, -0.15) is 0 Å². The maximum Gasteiger partial charge on any atom is 0.326 e. The van der Waals surface area contributed by atoms with Crippen LogP contribution < -0.4 is 15.1 Å². The maximum atomic E-state index is 12.7. The standard InChI is InChI=1S/C23H31N5O/c1-2-28(21-10-4-3-5-11-21)23(29)25-19-12-13-22(24-18-19)27-16-14-26(15-17-27)20-8-6-7-9-20/h3-5,10-13,18,20H,2,6-9,14-17H2,1H3,(H,25,29). The zero-order valence-corrected chi connectivity index (χ0v) is 17.3. The number of piperazine rings is 1. The van der Waals surface area contributed by atoms with Crippen LogP contribution in [-0.4, -0.2) is 54.7 Å². The van der Waals surface area contributed by atoms with Gasteiger partial charge in [0.25, 0.3) is 0 Å². The average Bonchev–Trinajstić information content (AvgIpc) is 3.31. The number of benzene rings is 1. The molecule has 29 heavy (non-hydrogen) atoms. The molecular formula is C23H31N5O.